The van der Waals surface area contributed by atoms with Crippen molar-refractivity contribution in [3.05, 3.63) is 23.5 Å². The lowest BCUT2D eigenvalue weighted by molar-refractivity contribution is -0.130. The van der Waals surface area contributed by atoms with E-state index < -0.39 is 23.4 Å². The quantitative estimate of drug-likeness (QED) is 0.732. The van der Waals surface area contributed by atoms with Crippen molar-refractivity contribution in [2.45, 2.75) is 25.8 Å². The second-order valence-electron chi connectivity index (χ2n) is 5.12. The zero-order valence-electron chi connectivity index (χ0n) is 11.7. The summed E-state index contributed by atoms with van der Waals surface area (Å²) >= 11 is 0. The lowest BCUT2D eigenvalue weighted by Gasteiger charge is -2.22. The third-order valence-electron chi connectivity index (χ3n) is 3.53. The van der Waals surface area contributed by atoms with Crippen LogP contribution in [0, 0.1) is 5.82 Å². The van der Waals surface area contributed by atoms with E-state index in [0.717, 1.165) is 38.1 Å². The number of nitrogens with two attached hydrogens (primary N) is 1. The van der Waals surface area contributed by atoms with Crippen LogP contribution in [0.15, 0.2) is 12.1 Å². The maximum atomic E-state index is 13.7. The molecule has 0 bridgehead atoms. The molecule has 1 amide bonds. The van der Waals surface area contributed by atoms with Gasteiger partial charge in [-0.25, -0.2) is 9.18 Å². The third kappa shape index (κ3) is 3.24. The van der Waals surface area contributed by atoms with Crippen LogP contribution in [0.2, 0.25) is 0 Å². The number of anilines is 2. The van der Waals surface area contributed by atoms with Gasteiger partial charge in [-0.15, -0.1) is 0 Å². The lowest BCUT2D eigenvalue weighted by atomic mass is 10.1. The summed E-state index contributed by atoms with van der Waals surface area (Å²) in [5.41, 5.74) is 5.54. The summed E-state index contributed by atoms with van der Waals surface area (Å²) in [7, 11) is 0. The number of likely N-dealkylation sites (tertiary alicyclic amines) is 1. The van der Waals surface area contributed by atoms with E-state index in [1.54, 1.807) is 11.8 Å². The van der Waals surface area contributed by atoms with Crippen molar-refractivity contribution < 1.29 is 19.1 Å². The number of halogens is 1. The third-order valence-corrected chi connectivity index (χ3v) is 3.53. The van der Waals surface area contributed by atoms with Gasteiger partial charge in [-0.1, -0.05) is 0 Å². The number of carbonyl (C=O) groups excluding carboxylic acids is 1. The lowest BCUT2D eigenvalue weighted by Crippen LogP contribution is -2.39. The molecular formula is C14H18FN3O3. The Labute approximate surface area is 121 Å². The summed E-state index contributed by atoms with van der Waals surface area (Å²) in [5, 5.41) is 11.7. The van der Waals surface area contributed by atoms with Crippen LogP contribution in [0.25, 0.3) is 0 Å². The number of benzene rings is 1. The van der Waals surface area contributed by atoms with Gasteiger partial charge < -0.3 is 21.1 Å². The van der Waals surface area contributed by atoms with Gasteiger partial charge in [0, 0.05) is 13.1 Å². The van der Waals surface area contributed by atoms with E-state index in [2.05, 4.69) is 5.32 Å². The Balaban J connectivity index is 2.13. The number of amides is 1. The number of carboxylic acids is 1. The van der Waals surface area contributed by atoms with Gasteiger partial charge in [0.05, 0.1) is 16.9 Å². The number of carbonyl (C=O) groups is 2. The smallest absolute Gasteiger partial charge is 0.338 e. The van der Waals surface area contributed by atoms with Gasteiger partial charge >= 0.3 is 5.97 Å². The number of hydrogen-bond donors (Lipinski definition) is 3. The van der Waals surface area contributed by atoms with E-state index in [4.69, 9.17) is 10.8 Å². The fourth-order valence-electron chi connectivity index (χ4n) is 2.39. The molecule has 0 aromatic heterocycles. The molecule has 1 fully saturated rings. The fourth-order valence-corrected chi connectivity index (χ4v) is 2.39. The number of nitrogen functional groups attached to an aromatic ring is 1. The summed E-state index contributed by atoms with van der Waals surface area (Å²) in [4.78, 5) is 24.7. The highest BCUT2D eigenvalue weighted by atomic mass is 19.1. The van der Waals surface area contributed by atoms with Crippen LogP contribution in [0.4, 0.5) is 15.8 Å². The molecule has 21 heavy (non-hydrogen) atoms. The largest absolute Gasteiger partial charge is 0.478 e. The summed E-state index contributed by atoms with van der Waals surface area (Å²) in [5.74, 6) is -2.35. The molecule has 0 saturated carbocycles. The Morgan fingerprint density at radius 3 is 2.57 bits per heavy atom. The number of hydrogen-bond acceptors (Lipinski definition) is 4. The van der Waals surface area contributed by atoms with Crippen LogP contribution in [0.3, 0.4) is 0 Å². The molecule has 0 aliphatic carbocycles. The molecule has 1 aliphatic rings. The summed E-state index contributed by atoms with van der Waals surface area (Å²) in [6, 6.07) is 1.50. The average Bonchev–Trinajstić information content (AvgIpc) is 2.95. The molecular weight excluding hydrogens is 277 g/mol. The first-order chi connectivity index (χ1) is 9.90. The van der Waals surface area contributed by atoms with Gasteiger partial charge in [0.1, 0.15) is 11.9 Å². The Morgan fingerprint density at radius 2 is 2.00 bits per heavy atom. The Kier molecular flexibility index (Phi) is 4.30. The number of carboxylic acid groups (broad SMARTS) is 1. The highest BCUT2D eigenvalue weighted by molar-refractivity contribution is 5.91. The molecule has 1 aromatic carbocycles. The number of aromatic carboxylic acids is 1. The predicted octanol–water partition coefficient (Wildman–Crippen LogP) is 1.53. The van der Waals surface area contributed by atoms with Gasteiger partial charge in [-0.2, -0.15) is 0 Å². The Morgan fingerprint density at radius 1 is 1.38 bits per heavy atom. The van der Waals surface area contributed by atoms with Crippen molar-refractivity contribution in [1.82, 2.24) is 4.90 Å². The van der Waals surface area contributed by atoms with E-state index in [-0.39, 0.29) is 17.3 Å². The molecule has 1 saturated heterocycles. The molecule has 1 unspecified atom stereocenters. The van der Waals surface area contributed by atoms with Crippen molar-refractivity contribution in [2.75, 3.05) is 24.1 Å². The highest BCUT2D eigenvalue weighted by Crippen LogP contribution is 2.24. The van der Waals surface area contributed by atoms with Crippen molar-refractivity contribution in [3.8, 4) is 0 Å². The average molecular weight is 295 g/mol. The maximum Gasteiger partial charge on any atom is 0.338 e. The van der Waals surface area contributed by atoms with Crippen molar-refractivity contribution in [2.24, 2.45) is 0 Å². The molecule has 1 aliphatic heterocycles. The second kappa shape index (κ2) is 5.99. The van der Waals surface area contributed by atoms with Gasteiger partial charge in [0.2, 0.25) is 5.91 Å². The van der Waals surface area contributed by atoms with E-state index in [0.29, 0.717) is 0 Å². The first-order valence-corrected chi connectivity index (χ1v) is 6.77. The zero-order chi connectivity index (χ0) is 15.6. The topological polar surface area (TPSA) is 95.7 Å². The van der Waals surface area contributed by atoms with Gasteiger partial charge in [-0.05, 0) is 31.9 Å². The second-order valence-corrected chi connectivity index (χ2v) is 5.12. The number of rotatable bonds is 4. The van der Waals surface area contributed by atoms with Crippen molar-refractivity contribution >= 4 is 23.3 Å². The molecule has 1 aromatic rings. The molecule has 6 nitrogen and oxygen atoms in total. The summed E-state index contributed by atoms with van der Waals surface area (Å²) < 4.78 is 13.7. The van der Waals surface area contributed by atoms with Crippen molar-refractivity contribution in [3.63, 3.8) is 0 Å². The molecule has 1 atom stereocenters. The minimum atomic E-state index is -1.38. The minimum absolute atomic E-state index is 0.0744. The van der Waals surface area contributed by atoms with Crippen LogP contribution in [0.5, 0.6) is 0 Å². The van der Waals surface area contributed by atoms with E-state index in [1.807, 2.05) is 0 Å². The maximum absolute atomic E-state index is 13.7. The van der Waals surface area contributed by atoms with Gasteiger partial charge in [-0.3, -0.25) is 4.79 Å². The molecule has 1 heterocycles. The minimum Gasteiger partial charge on any atom is -0.478 e. The van der Waals surface area contributed by atoms with Crippen LogP contribution in [-0.4, -0.2) is 41.0 Å². The zero-order valence-corrected chi connectivity index (χ0v) is 11.7. The monoisotopic (exact) mass is 295 g/mol. The van der Waals surface area contributed by atoms with Crippen molar-refractivity contribution in [1.29, 1.82) is 0 Å². The number of nitrogens with one attached hydrogen (secondary N) is 1. The van der Waals surface area contributed by atoms with Crippen LogP contribution in [0.1, 0.15) is 30.1 Å². The molecule has 0 radical (unpaired) electrons. The molecule has 114 valence electrons. The fraction of sp³-hybridized carbons (Fsp3) is 0.429. The van der Waals surface area contributed by atoms with Gasteiger partial charge in [0.25, 0.3) is 0 Å². The standard InChI is InChI=1S/C14H18FN3O3/c1-8(13(19)18-4-2-3-5-18)17-12-7-10(15)9(14(20)21)6-11(12)16/h6-8,17H,2-5,16H2,1H3,(H,20,21). The van der Waals surface area contributed by atoms with Crippen LogP contribution >= 0.6 is 0 Å². The van der Waals surface area contributed by atoms with Crippen LogP contribution in [-0.2, 0) is 4.79 Å². The molecule has 4 N–H and O–H groups in total. The summed E-state index contributed by atoms with van der Waals surface area (Å²) in [6.45, 7) is 3.13. The normalized spacial score (nSPS) is 15.8. The van der Waals surface area contributed by atoms with E-state index in [9.17, 15) is 14.0 Å². The highest BCUT2D eigenvalue weighted by Gasteiger charge is 2.24. The Hall–Kier alpha value is -2.31. The van der Waals surface area contributed by atoms with E-state index in [1.165, 1.54) is 0 Å². The van der Waals surface area contributed by atoms with E-state index >= 15 is 0 Å². The molecule has 2 rings (SSSR count). The van der Waals surface area contributed by atoms with Crippen LogP contribution < -0.4 is 11.1 Å². The predicted molar refractivity (Wildman–Crippen MR) is 76.7 cm³/mol. The SMILES string of the molecule is CC(Nc1cc(F)c(C(=O)O)cc1N)C(=O)N1CCCC1. The Bertz CT molecular complexity index is 571. The molecule has 7 heteroatoms. The summed E-state index contributed by atoms with van der Waals surface area (Å²) in [6.07, 6.45) is 1.98. The first-order valence-electron chi connectivity index (χ1n) is 6.77. The first kappa shape index (κ1) is 15.1. The molecule has 0 spiro atoms. The number of nitrogens with zero attached hydrogens (tertiary/aromatic N) is 1. The van der Waals surface area contributed by atoms with Gasteiger partial charge in [0.15, 0.2) is 0 Å².